The van der Waals surface area contributed by atoms with Gasteiger partial charge < -0.3 is 9.88 Å². The summed E-state index contributed by atoms with van der Waals surface area (Å²) in [6, 6.07) is 18.0. The second kappa shape index (κ2) is 9.53. The van der Waals surface area contributed by atoms with E-state index in [0.717, 1.165) is 16.9 Å². The number of rotatable bonds is 8. The molecule has 1 N–H and O–H groups in total. The van der Waals surface area contributed by atoms with E-state index in [2.05, 4.69) is 10.3 Å². The first-order valence-corrected chi connectivity index (χ1v) is 10.4. The minimum Gasteiger partial charge on any atom is -0.352 e. The van der Waals surface area contributed by atoms with Crippen LogP contribution in [-0.4, -0.2) is 32.8 Å². The van der Waals surface area contributed by atoms with E-state index in [9.17, 15) is 9.59 Å². The maximum atomic E-state index is 12.8. The van der Waals surface area contributed by atoms with Crippen LogP contribution in [0.2, 0.25) is 5.02 Å². The minimum atomic E-state index is -0.131. The molecular weight excluding hydrogens is 412 g/mol. The molecule has 156 valence electrons. The lowest BCUT2D eigenvalue weighted by Gasteiger charge is -2.10. The zero-order valence-corrected chi connectivity index (χ0v) is 17.5. The van der Waals surface area contributed by atoms with E-state index in [4.69, 9.17) is 16.6 Å². The molecule has 0 aliphatic rings. The zero-order valence-electron chi connectivity index (χ0n) is 16.8. The molecule has 6 nitrogen and oxygen atoms in total. The number of para-hydroxylation sites is 2. The van der Waals surface area contributed by atoms with Gasteiger partial charge in [0.05, 0.1) is 17.6 Å². The zero-order chi connectivity index (χ0) is 21.6. The number of benzene rings is 2. The maximum Gasteiger partial charge on any atom is 0.251 e. The first-order valence-electron chi connectivity index (χ1n) is 10.0. The molecule has 0 radical (unpaired) electrons. The highest BCUT2D eigenvalue weighted by Gasteiger charge is 2.15. The number of imidazole rings is 1. The molecule has 2 aromatic carbocycles. The normalized spacial score (nSPS) is 10.9. The number of Topliss-reactive ketones (excluding diaryl/α,β-unsaturated/α-hetero) is 1. The van der Waals surface area contributed by atoms with Crippen LogP contribution in [0.25, 0.3) is 11.0 Å². The van der Waals surface area contributed by atoms with Gasteiger partial charge in [0.1, 0.15) is 5.82 Å². The number of aromatic nitrogens is 3. The Kier molecular flexibility index (Phi) is 6.38. The van der Waals surface area contributed by atoms with E-state index in [1.54, 1.807) is 48.8 Å². The minimum absolute atomic E-state index is 0.00735. The van der Waals surface area contributed by atoms with Crippen LogP contribution in [-0.2, 0) is 13.0 Å². The molecule has 4 rings (SSSR count). The largest absolute Gasteiger partial charge is 0.352 e. The third kappa shape index (κ3) is 4.98. The van der Waals surface area contributed by atoms with E-state index in [1.165, 1.54) is 0 Å². The Morgan fingerprint density at radius 1 is 0.935 bits per heavy atom. The molecule has 4 aromatic rings. The fourth-order valence-electron chi connectivity index (χ4n) is 3.42. The standard InChI is InChI=1S/C24H21ClN4O2/c25-19-9-7-17(8-10-19)22(30)16-29-21-5-2-1-4-20(21)28-23(29)6-3-13-27-24(31)18-11-14-26-15-12-18/h1-2,4-5,7-12,14-15H,3,6,13,16H2,(H,27,31). The van der Waals surface area contributed by atoms with Gasteiger partial charge in [-0.15, -0.1) is 0 Å². The van der Waals surface area contributed by atoms with Crippen LogP contribution in [0.1, 0.15) is 33.0 Å². The molecule has 0 fully saturated rings. The van der Waals surface area contributed by atoms with E-state index in [0.29, 0.717) is 35.5 Å². The average Bonchev–Trinajstić information content (AvgIpc) is 3.15. The molecular formula is C24H21ClN4O2. The van der Waals surface area contributed by atoms with Gasteiger partial charge in [-0.2, -0.15) is 0 Å². The predicted octanol–water partition coefficient (Wildman–Crippen LogP) is 4.33. The highest BCUT2D eigenvalue weighted by atomic mass is 35.5. The lowest BCUT2D eigenvalue weighted by molar-refractivity contribution is 0.0951. The molecule has 31 heavy (non-hydrogen) atoms. The highest BCUT2D eigenvalue weighted by molar-refractivity contribution is 6.30. The van der Waals surface area contributed by atoms with Gasteiger partial charge in [-0.3, -0.25) is 14.6 Å². The van der Waals surface area contributed by atoms with E-state index in [1.807, 2.05) is 28.8 Å². The van der Waals surface area contributed by atoms with Crippen molar-refractivity contribution >= 4 is 34.3 Å². The summed E-state index contributed by atoms with van der Waals surface area (Å²) < 4.78 is 1.96. The number of nitrogens with zero attached hydrogens (tertiary/aromatic N) is 3. The molecule has 0 bridgehead atoms. The summed E-state index contributed by atoms with van der Waals surface area (Å²) in [6.45, 7) is 0.705. The van der Waals surface area contributed by atoms with Crippen molar-refractivity contribution in [3.05, 3.63) is 95.0 Å². The fraction of sp³-hybridized carbons (Fsp3) is 0.167. The summed E-state index contributed by atoms with van der Waals surface area (Å²) in [5.74, 6) is 0.683. The summed E-state index contributed by atoms with van der Waals surface area (Å²) >= 11 is 5.94. The summed E-state index contributed by atoms with van der Waals surface area (Å²) in [6.07, 6.45) is 4.53. The number of pyridine rings is 1. The van der Waals surface area contributed by atoms with E-state index in [-0.39, 0.29) is 18.2 Å². The van der Waals surface area contributed by atoms with Crippen molar-refractivity contribution in [3.63, 3.8) is 0 Å². The smallest absolute Gasteiger partial charge is 0.251 e. The number of hydrogen-bond acceptors (Lipinski definition) is 4. The van der Waals surface area contributed by atoms with Crippen molar-refractivity contribution in [1.29, 1.82) is 0 Å². The number of nitrogens with one attached hydrogen (secondary N) is 1. The van der Waals surface area contributed by atoms with Crippen molar-refractivity contribution in [2.24, 2.45) is 0 Å². The van der Waals surface area contributed by atoms with Crippen LogP contribution < -0.4 is 5.32 Å². The summed E-state index contributed by atoms with van der Waals surface area (Å²) in [4.78, 5) is 33.7. The second-order valence-corrected chi connectivity index (χ2v) is 7.56. The first-order chi connectivity index (χ1) is 15.1. The van der Waals surface area contributed by atoms with Crippen molar-refractivity contribution in [1.82, 2.24) is 19.9 Å². The number of carbonyl (C=O) groups is 2. The third-order valence-electron chi connectivity index (χ3n) is 5.01. The monoisotopic (exact) mass is 432 g/mol. The SMILES string of the molecule is O=C(Cn1c(CCCNC(=O)c2ccncc2)nc2ccccc21)c1ccc(Cl)cc1. The Labute approximate surface area is 184 Å². The number of carbonyl (C=O) groups excluding carboxylic acids is 2. The van der Waals surface area contributed by atoms with Gasteiger partial charge in [0.25, 0.3) is 5.91 Å². The Morgan fingerprint density at radius 2 is 1.68 bits per heavy atom. The van der Waals surface area contributed by atoms with Crippen LogP contribution in [0.5, 0.6) is 0 Å². The van der Waals surface area contributed by atoms with Gasteiger partial charge in [0.15, 0.2) is 5.78 Å². The Morgan fingerprint density at radius 3 is 2.45 bits per heavy atom. The lowest BCUT2D eigenvalue weighted by Crippen LogP contribution is -2.25. The quantitative estimate of drug-likeness (QED) is 0.332. The third-order valence-corrected chi connectivity index (χ3v) is 5.26. The maximum absolute atomic E-state index is 12.8. The van der Waals surface area contributed by atoms with E-state index >= 15 is 0 Å². The molecule has 2 heterocycles. The fourth-order valence-corrected chi connectivity index (χ4v) is 3.54. The van der Waals surface area contributed by atoms with Gasteiger partial charge in [-0.1, -0.05) is 23.7 Å². The van der Waals surface area contributed by atoms with Crippen LogP contribution in [0.3, 0.4) is 0 Å². The summed E-state index contributed by atoms with van der Waals surface area (Å²) in [5, 5.41) is 3.51. The van der Waals surface area contributed by atoms with Gasteiger partial charge in [0, 0.05) is 41.5 Å². The average molecular weight is 433 g/mol. The molecule has 7 heteroatoms. The summed E-state index contributed by atoms with van der Waals surface area (Å²) in [5.41, 5.74) is 2.96. The molecule has 1 amide bonds. The molecule has 0 saturated carbocycles. The van der Waals surface area contributed by atoms with Crippen LogP contribution in [0.15, 0.2) is 73.1 Å². The number of fused-ring (bicyclic) bond motifs is 1. The Balaban J connectivity index is 1.45. The molecule has 0 aliphatic carbocycles. The van der Waals surface area contributed by atoms with Crippen molar-refractivity contribution < 1.29 is 9.59 Å². The van der Waals surface area contributed by atoms with Gasteiger partial charge in [-0.05, 0) is 55.0 Å². The van der Waals surface area contributed by atoms with Crippen molar-refractivity contribution in [3.8, 4) is 0 Å². The number of hydrogen-bond donors (Lipinski definition) is 1. The molecule has 0 saturated heterocycles. The van der Waals surface area contributed by atoms with Crippen LogP contribution in [0, 0.1) is 0 Å². The lowest BCUT2D eigenvalue weighted by atomic mass is 10.1. The molecule has 0 aliphatic heterocycles. The number of amides is 1. The van der Waals surface area contributed by atoms with Crippen molar-refractivity contribution in [2.75, 3.05) is 6.54 Å². The first kappa shape index (κ1) is 20.8. The van der Waals surface area contributed by atoms with E-state index < -0.39 is 0 Å². The number of halogens is 1. The van der Waals surface area contributed by atoms with Crippen LogP contribution in [0.4, 0.5) is 0 Å². The second-order valence-electron chi connectivity index (χ2n) is 7.13. The summed E-state index contributed by atoms with van der Waals surface area (Å²) in [7, 11) is 0. The Hall–Kier alpha value is -3.51. The Bertz CT molecular complexity index is 1200. The molecule has 0 unspecified atom stereocenters. The van der Waals surface area contributed by atoms with Crippen LogP contribution >= 0.6 is 11.6 Å². The topological polar surface area (TPSA) is 76.9 Å². The number of aryl methyl sites for hydroxylation is 1. The van der Waals surface area contributed by atoms with Gasteiger partial charge >= 0.3 is 0 Å². The highest BCUT2D eigenvalue weighted by Crippen LogP contribution is 2.19. The van der Waals surface area contributed by atoms with Gasteiger partial charge in [0.2, 0.25) is 0 Å². The molecule has 0 spiro atoms. The number of ketones is 1. The van der Waals surface area contributed by atoms with Crippen molar-refractivity contribution in [2.45, 2.75) is 19.4 Å². The molecule has 0 atom stereocenters. The molecule has 2 aromatic heterocycles. The predicted molar refractivity (Wildman–Crippen MR) is 120 cm³/mol. The van der Waals surface area contributed by atoms with Gasteiger partial charge in [-0.25, -0.2) is 4.98 Å².